The summed E-state index contributed by atoms with van der Waals surface area (Å²) in [5, 5.41) is 7.98. The highest BCUT2D eigenvalue weighted by Crippen LogP contribution is 2.53. The Labute approximate surface area is 156 Å². The van der Waals surface area contributed by atoms with Crippen LogP contribution in [0.2, 0.25) is 0 Å². The minimum atomic E-state index is 0.246. The summed E-state index contributed by atoms with van der Waals surface area (Å²) in [6, 6.07) is 0.810. The number of hydrogen-bond acceptors (Lipinski definition) is 3. The van der Waals surface area contributed by atoms with E-state index in [1.165, 1.54) is 44.1 Å². The van der Waals surface area contributed by atoms with Gasteiger partial charge in [-0.15, -0.1) is 0 Å². The SMILES string of the molecule is Cc1nn(C)cc1C1CCCN1CC(=O)NC1C2CC3CC(C2)CC1C3. The highest BCUT2D eigenvalue weighted by molar-refractivity contribution is 5.78. The first kappa shape index (κ1) is 16.8. The Bertz CT molecular complexity index is 668. The highest BCUT2D eigenvalue weighted by atomic mass is 16.2. The summed E-state index contributed by atoms with van der Waals surface area (Å²) in [4.78, 5) is 15.3. The fourth-order valence-electron chi connectivity index (χ4n) is 6.89. The lowest BCUT2D eigenvalue weighted by atomic mass is 9.54. The number of likely N-dealkylation sites (tertiary alicyclic amines) is 1. The lowest BCUT2D eigenvalue weighted by Gasteiger charge is -2.54. The van der Waals surface area contributed by atoms with Gasteiger partial charge in [0.1, 0.15) is 0 Å². The van der Waals surface area contributed by atoms with Crippen LogP contribution in [0.3, 0.4) is 0 Å². The molecule has 0 spiro atoms. The topological polar surface area (TPSA) is 50.2 Å². The predicted molar refractivity (Wildman–Crippen MR) is 100 cm³/mol. The van der Waals surface area contributed by atoms with E-state index in [-0.39, 0.29) is 5.91 Å². The molecule has 1 aromatic rings. The molecule has 1 N–H and O–H groups in total. The highest BCUT2D eigenvalue weighted by Gasteiger charge is 2.48. The van der Waals surface area contributed by atoms with Crippen LogP contribution in [0.15, 0.2) is 6.20 Å². The van der Waals surface area contributed by atoms with Gasteiger partial charge in [-0.2, -0.15) is 5.10 Å². The lowest BCUT2D eigenvalue weighted by Crippen LogP contribution is -2.57. The Kier molecular flexibility index (Phi) is 4.11. The maximum atomic E-state index is 12.9. The standard InChI is InChI=1S/C21H32N4O/c1-13-18(11-24(2)23-13)19-4-3-5-25(19)12-20(26)22-21-16-7-14-6-15(9-16)10-17(21)8-14/h11,14-17,19,21H,3-10,12H2,1-2H3,(H,22,26). The van der Waals surface area contributed by atoms with Gasteiger partial charge in [0.05, 0.1) is 12.2 Å². The van der Waals surface area contributed by atoms with Crippen molar-refractivity contribution in [2.24, 2.45) is 30.7 Å². The summed E-state index contributed by atoms with van der Waals surface area (Å²) in [5.74, 6) is 3.68. The summed E-state index contributed by atoms with van der Waals surface area (Å²) in [5.41, 5.74) is 2.40. The Morgan fingerprint density at radius 2 is 1.88 bits per heavy atom. The third-order valence-electron chi connectivity index (χ3n) is 7.68. The first-order valence-corrected chi connectivity index (χ1v) is 10.6. The van der Waals surface area contributed by atoms with Crippen molar-refractivity contribution >= 4 is 5.91 Å². The van der Waals surface area contributed by atoms with E-state index in [1.807, 2.05) is 11.7 Å². The van der Waals surface area contributed by atoms with Crippen molar-refractivity contribution in [3.8, 4) is 0 Å². The molecule has 1 aliphatic heterocycles. The smallest absolute Gasteiger partial charge is 0.234 e. The van der Waals surface area contributed by atoms with E-state index < -0.39 is 0 Å². The van der Waals surface area contributed by atoms with E-state index in [9.17, 15) is 4.79 Å². The van der Waals surface area contributed by atoms with Gasteiger partial charge in [-0.3, -0.25) is 14.4 Å². The second-order valence-corrected chi connectivity index (χ2v) is 9.50. The molecule has 142 valence electrons. The van der Waals surface area contributed by atoms with Crippen molar-refractivity contribution in [2.45, 2.75) is 64.0 Å². The fraction of sp³-hybridized carbons (Fsp3) is 0.810. The normalized spacial score (nSPS) is 38.8. The van der Waals surface area contributed by atoms with Crippen LogP contribution < -0.4 is 5.32 Å². The number of hydrogen-bond donors (Lipinski definition) is 1. The van der Waals surface area contributed by atoms with Crippen LogP contribution >= 0.6 is 0 Å². The van der Waals surface area contributed by atoms with E-state index in [4.69, 9.17) is 0 Å². The van der Waals surface area contributed by atoms with Gasteiger partial charge in [0.2, 0.25) is 5.91 Å². The zero-order valence-corrected chi connectivity index (χ0v) is 16.2. The molecule has 5 nitrogen and oxygen atoms in total. The molecule has 4 saturated carbocycles. The summed E-state index contributed by atoms with van der Waals surface area (Å²) < 4.78 is 1.90. The molecule has 26 heavy (non-hydrogen) atoms. The minimum Gasteiger partial charge on any atom is -0.352 e. The number of aryl methyl sites for hydroxylation is 2. The molecule has 4 bridgehead atoms. The molecule has 2 heterocycles. The third-order valence-corrected chi connectivity index (χ3v) is 7.68. The maximum Gasteiger partial charge on any atom is 0.234 e. The molecule has 5 heteroatoms. The summed E-state index contributed by atoms with van der Waals surface area (Å²) >= 11 is 0. The fourth-order valence-corrected chi connectivity index (χ4v) is 6.89. The number of amides is 1. The average molecular weight is 357 g/mol. The zero-order chi connectivity index (χ0) is 17.8. The number of nitrogens with one attached hydrogen (secondary N) is 1. The van der Waals surface area contributed by atoms with Gasteiger partial charge < -0.3 is 5.32 Å². The lowest BCUT2D eigenvalue weighted by molar-refractivity contribution is -0.126. The van der Waals surface area contributed by atoms with Crippen LogP contribution in [0.1, 0.15) is 62.2 Å². The van der Waals surface area contributed by atoms with Crippen molar-refractivity contribution in [1.29, 1.82) is 0 Å². The van der Waals surface area contributed by atoms with Crippen LogP contribution in [0, 0.1) is 30.6 Å². The van der Waals surface area contributed by atoms with E-state index in [0.29, 0.717) is 18.6 Å². The van der Waals surface area contributed by atoms with Crippen LogP contribution in [0.5, 0.6) is 0 Å². The van der Waals surface area contributed by atoms with E-state index in [0.717, 1.165) is 42.3 Å². The van der Waals surface area contributed by atoms with Crippen LogP contribution in [-0.4, -0.2) is 39.7 Å². The molecule has 1 unspecified atom stereocenters. The summed E-state index contributed by atoms with van der Waals surface area (Å²) in [6.45, 7) is 3.65. The number of carbonyl (C=O) groups is 1. The third kappa shape index (κ3) is 2.88. The number of aromatic nitrogens is 2. The quantitative estimate of drug-likeness (QED) is 0.902. The van der Waals surface area contributed by atoms with E-state index in [1.54, 1.807) is 0 Å². The number of carbonyl (C=O) groups excluding carboxylic acids is 1. The average Bonchev–Trinajstić information content (AvgIpc) is 3.15. The van der Waals surface area contributed by atoms with Crippen molar-refractivity contribution in [3.63, 3.8) is 0 Å². The molecule has 0 radical (unpaired) electrons. The van der Waals surface area contributed by atoms with Crippen molar-refractivity contribution < 1.29 is 4.79 Å². The summed E-state index contributed by atoms with van der Waals surface area (Å²) in [7, 11) is 1.98. The van der Waals surface area contributed by atoms with Gasteiger partial charge >= 0.3 is 0 Å². The molecule has 5 fully saturated rings. The molecule has 4 aliphatic carbocycles. The summed E-state index contributed by atoms with van der Waals surface area (Å²) in [6.07, 6.45) is 11.3. The van der Waals surface area contributed by atoms with Crippen LogP contribution in [-0.2, 0) is 11.8 Å². The first-order chi connectivity index (χ1) is 12.6. The molecule has 6 rings (SSSR count). The Morgan fingerprint density at radius 1 is 1.19 bits per heavy atom. The Balaban J connectivity index is 1.23. The van der Waals surface area contributed by atoms with Gasteiger partial charge in [-0.05, 0) is 82.1 Å². The van der Waals surface area contributed by atoms with Crippen molar-refractivity contribution in [2.75, 3.05) is 13.1 Å². The monoisotopic (exact) mass is 356 g/mol. The maximum absolute atomic E-state index is 12.9. The molecule has 1 saturated heterocycles. The van der Waals surface area contributed by atoms with Gasteiger partial charge in [0, 0.05) is 30.9 Å². The molecule has 1 aromatic heterocycles. The second-order valence-electron chi connectivity index (χ2n) is 9.50. The van der Waals surface area contributed by atoms with E-state index >= 15 is 0 Å². The largest absolute Gasteiger partial charge is 0.352 e. The zero-order valence-electron chi connectivity index (χ0n) is 16.2. The molecular weight excluding hydrogens is 324 g/mol. The van der Waals surface area contributed by atoms with Gasteiger partial charge in [-0.1, -0.05) is 0 Å². The number of nitrogens with zero attached hydrogens (tertiary/aromatic N) is 3. The van der Waals surface area contributed by atoms with Gasteiger partial charge in [-0.25, -0.2) is 0 Å². The first-order valence-electron chi connectivity index (χ1n) is 10.6. The van der Waals surface area contributed by atoms with Gasteiger partial charge in [0.25, 0.3) is 0 Å². The Morgan fingerprint density at radius 3 is 2.50 bits per heavy atom. The molecule has 5 aliphatic rings. The minimum absolute atomic E-state index is 0.246. The van der Waals surface area contributed by atoms with E-state index in [2.05, 4.69) is 28.4 Å². The molecule has 0 aromatic carbocycles. The second kappa shape index (κ2) is 6.36. The van der Waals surface area contributed by atoms with Gasteiger partial charge in [0.15, 0.2) is 0 Å². The number of rotatable bonds is 4. The molecule has 1 atom stereocenters. The molecular formula is C21H32N4O. The van der Waals surface area contributed by atoms with Crippen molar-refractivity contribution in [1.82, 2.24) is 20.0 Å². The Hall–Kier alpha value is -1.36. The van der Waals surface area contributed by atoms with Crippen LogP contribution in [0.25, 0.3) is 0 Å². The van der Waals surface area contributed by atoms with Crippen molar-refractivity contribution in [3.05, 3.63) is 17.5 Å². The predicted octanol–water partition coefficient (Wildman–Crippen LogP) is 2.81. The van der Waals surface area contributed by atoms with Crippen LogP contribution in [0.4, 0.5) is 0 Å². The molecule has 1 amide bonds.